The Kier molecular flexibility index (Phi) is 4.37. The third kappa shape index (κ3) is 3.10. The Labute approximate surface area is 112 Å². The molecule has 1 aliphatic heterocycles. The number of likely N-dealkylation sites (N-methyl/N-ethyl adjacent to an activating group) is 2. The molecule has 1 aliphatic rings. The molecule has 1 fully saturated rings. The van der Waals surface area contributed by atoms with Crippen LogP contribution in [0.3, 0.4) is 0 Å². The van der Waals surface area contributed by atoms with Gasteiger partial charge in [-0.05, 0) is 33.6 Å². The van der Waals surface area contributed by atoms with Crippen molar-refractivity contribution < 1.29 is 0 Å². The van der Waals surface area contributed by atoms with Gasteiger partial charge < -0.3 is 9.88 Å². The van der Waals surface area contributed by atoms with Crippen molar-refractivity contribution >= 4 is 11.6 Å². The predicted octanol–water partition coefficient (Wildman–Crippen LogP) is 0.817. The molecule has 1 atom stereocenters. The summed E-state index contributed by atoms with van der Waals surface area (Å²) in [5.41, 5.74) is 0.506. The number of H-pyrrole nitrogens is 1. The van der Waals surface area contributed by atoms with Crippen LogP contribution in [0.25, 0.3) is 0 Å². The van der Waals surface area contributed by atoms with Gasteiger partial charge in [0.1, 0.15) is 5.82 Å². The molecular formula is C12H19ClN4O. The highest BCUT2D eigenvalue weighted by atomic mass is 35.5. The Hall–Kier alpha value is -0.910. The molecule has 0 aliphatic carbocycles. The van der Waals surface area contributed by atoms with Crippen LogP contribution in [0.5, 0.6) is 0 Å². The Bertz CT molecular complexity index is 462. The molecule has 1 aromatic heterocycles. The van der Waals surface area contributed by atoms with Crippen LogP contribution in [-0.2, 0) is 5.88 Å². The first-order valence-electron chi connectivity index (χ1n) is 6.15. The summed E-state index contributed by atoms with van der Waals surface area (Å²) in [6, 6.07) is 1.57. The molecule has 100 valence electrons. The van der Waals surface area contributed by atoms with Crippen molar-refractivity contribution in [2.45, 2.75) is 18.3 Å². The molecule has 0 spiro atoms. The number of rotatable bonds is 2. The first kappa shape index (κ1) is 13.5. The Morgan fingerprint density at radius 3 is 3.00 bits per heavy atom. The normalized spacial score (nSPS) is 22.9. The highest BCUT2D eigenvalue weighted by Gasteiger charge is 2.24. The van der Waals surface area contributed by atoms with E-state index in [1.165, 1.54) is 6.07 Å². The lowest BCUT2D eigenvalue weighted by molar-refractivity contribution is 0.219. The maximum absolute atomic E-state index is 11.6. The SMILES string of the molecule is CN1CCCN(C)C(c2nc(CCl)cc(=O)[nH]2)C1. The maximum Gasteiger partial charge on any atom is 0.251 e. The number of alkyl halides is 1. The zero-order chi connectivity index (χ0) is 13.1. The molecule has 1 N–H and O–H groups in total. The molecule has 5 nitrogen and oxygen atoms in total. The van der Waals surface area contributed by atoms with Crippen molar-refractivity contribution in [2.75, 3.05) is 33.7 Å². The van der Waals surface area contributed by atoms with E-state index in [0.717, 1.165) is 31.9 Å². The van der Waals surface area contributed by atoms with Crippen molar-refractivity contribution in [3.63, 3.8) is 0 Å². The average molecular weight is 271 g/mol. The third-order valence-electron chi connectivity index (χ3n) is 3.33. The van der Waals surface area contributed by atoms with E-state index in [1.54, 1.807) is 0 Å². The van der Waals surface area contributed by atoms with Gasteiger partial charge in [-0.15, -0.1) is 11.6 Å². The summed E-state index contributed by atoms with van der Waals surface area (Å²) in [5.74, 6) is 0.984. The zero-order valence-corrected chi connectivity index (χ0v) is 11.6. The number of aromatic nitrogens is 2. The largest absolute Gasteiger partial charge is 0.309 e. The van der Waals surface area contributed by atoms with Gasteiger partial charge in [0, 0.05) is 12.6 Å². The molecule has 2 heterocycles. The highest BCUT2D eigenvalue weighted by molar-refractivity contribution is 6.16. The minimum Gasteiger partial charge on any atom is -0.309 e. The summed E-state index contributed by atoms with van der Waals surface area (Å²) < 4.78 is 0. The topological polar surface area (TPSA) is 52.2 Å². The molecule has 1 unspecified atom stereocenters. The average Bonchev–Trinajstić information content (AvgIpc) is 2.50. The van der Waals surface area contributed by atoms with Crippen LogP contribution in [0.2, 0.25) is 0 Å². The van der Waals surface area contributed by atoms with Gasteiger partial charge in [-0.25, -0.2) is 4.98 Å². The molecule has 18 heavy (non-hydrogen) atoms. The van der Waals surface area contributed by atoms with Crippen molar-refractivity contribution in [1.82, 2.24) is 19.8 Å². The van der Waals surface area contributed by atoms with Crippen LogP contribution >= 0.6 is 11.6 Å². The fraction of sp³-hybridized carbons (Fsp3) is 0.667. The van der Waals surface area contributed by atoms with Gasteiger partial charge in [0.15, 0.2) is 0 Å². The molecule has 1 saturated heterocycles. The van der Waals surface area contributed by atoms with Gasteiger partial charge in [0.05, 0.1) is 17.6 Å². The minimum absolute atomic E-state index is 0.119. The van der Waals surface area contributed by atoms with E-state index in [-0.39, 0.29) is 17.5 Å². The predicted molar refractivity (Wildman–Crippen MR) is 71.9 cm³/mol. The van der Waals surface area contributed by atoms with Gasteiger partial charge in [0.2, 0.25) is 0 Å². The maximum atomic E-state index is 11.6. The van der Waals surface area contributed by atoms with Crippen LogP contribution in [0, 0.1) is 0 Å². The van der Waals surface area contributed by atoms with Crippen LogP contribution in [0.4, 0.5) is 0 Å². The van der Waals surface area contributed by atoms with Crippen LogP contribution in [-0.4, -0.2) is 53.5 Å². The van der Waals surface area contributed by atoms with Crippen LogP contribution in [0.1, 0.15) is 24.0 Å². The summed E-state index contributed by atoms with van der Waals surface area (Å²) in [4.78, 5) is 23.4. The Morgan fingerprint density at radius 1 is 1.50 bits per heavy atom. The van der Waals surface area contributed by atoms with Gasteiger partial charge in [-0.2, -0.15) is 0 Å². The molecule has 1 aromatic rings. The Balaban J connectivity index is 2.32. The number of aromatic amines is 1. The lowest BCUT2D eigenvalue weighted by Crippen LogP contribution is -2.33. The molecule has 0 radical (unpaired) electrons. The van der Waals surface area contributed by atoms with Gasteiger partial charge in [-0.3, -0.25) is 9.69 Å². The lowest BCUT2D eigenvalue weighted by Gasteiger charge is -2.26. The summed E-state index contributed by atoms with van der Waals surface area (Å²) in [7, 11) is 4.16. The Morgan fingerprint density at radius 2 is 2.28 bits per heavy atom. The quantitative estimate of drug-likeness (QED) is 0.809. The number of nitrogens with one attached hydrogen (secondary N) is 1. The molecule has 0 bridgehead atoms. The van der Waals surface area contributed by atoms with Gasteiger partial charge >= 0.3 is 0 Å². The molecule has 6 heteroatoms. The van der Waals surface area contributed by atoms with E-state index in [1.807, 2.05) is 0 Å². The van der Waals surface area contributed by atoms with Crippen molar-refractivity contribution in [1.29, 1.82) is 0 Å². The summed E-state index contributed by atoms with van der Waals surface area (Å²) in [5, 5.41) is 0. The van der Waals surface area contributed by atoms with E-state index < -0.39 is 0 Å². The molecule has 2 rings (SSSR count). The summed E-state index contributed by atoms with van der Waals surface area (Å²) in [6.07, 6.45) is 1.13. The van der Waals surface area contributed by atoms with Crippen molar-refractivity contribution in [3.05, 3.63) is 27.9 Å². The number of hydrogen-bond donors (Lipinski definition) is 1. The monoisotopic (exact) mass is 270 g/mol. The second-order valence-corrected chi connectivity index (χ2v) is 5.14. The van der Waals surface area contributed by atoms with Crippen LogP contribution < -0.4 is 5.56 Å². The number of nitrogens with zero attached hydrogens (tertiary/aromatic N) is 3. The lowest BCUT2D eigenvalue weighted by atomic mass is 10.2. The minimum atomic E-state index is -0.129. The standard InChI is InChI=1S/C12H19ClN4O/c1-16-4-3-5-17(2)10(8-16)12-14-9(7-13)6-11(18)15-12/h6,10H,3-5,7-8H2,1-2H3,(H,14,15,18). The number of hydrogen-bond acceptors (Lipinski definition) is 4. The highest BCUT2D eigenvalue weighted by Crippen LogP contribution is 2.19. The summed E-state index contributed by atoms with van der Waals surface area (Å²) in [6.45, 7) is 2.94. The second-order valence-electron chi connectivity index (χ2n) is 4.87. The van der Waals surface area contributed by atoms with E-state index in [2.05, 4.69) is 33.9 Å². The van der Waals surface area contributed by atoms with Crippen molar-refractivity contribution in [3.8, 4) is 0 Å². The summed E-state index contributed by atoms with van der Waals surface area (Å²) >= 11 is 5.77. The molecular weight excluding hydrogens is 252 g/mol. The van der Waals surface area contributed by atoms with E-state index in [0.29, 0.717) is 5.69 Å². The van der Waals surface area contributed by atoms with Crippen molar-refractivity contribution in [2.24, 2.45) is 0 Å². The second kappa shape index (κ2) is 5.82. The van der Waals surface area contributed by atoms with Gasteiger partial charge in [-0.1, -0.05) is 0 Å². The molecule has 0 aromatic carbocycles. The molecule has 0 saturated carbocycles. The van der Waals surface area contributed by atoms with Gasteiger partial charge in [0.25, 0.3) is 5.56 Å². The third-order valence-corrected chi connectivity index (χ3v) is 3.61. The van der Waals surface area contributed by atoms with E-state index in [4.69, 9.17) is 11.6 Å². The fourth-order valence-corrected chi connectivity index (χ4v) is 2.46. The van der Waals surface area contributed by atoms with Crippen LogP contribution in [0.15, 0.2) is 10.9 Å². The van der Waals surface area contributed by atoms with E-state index in [9.17, 15) is 4.79 Å². The van der Waals surface area contributed by atoms with E-state index >= 15 is 0 Å². The number of halogens is 1. The molecule has 0 amide bonds. The zero-order valence-electron chi connectivity index (χ0n) is 10.8. The fourth-order valence-electron chi connectivity index (χ4n) is 2.32. The smallest absolute Gasteiger partial charge is 0.251 e. The first-order valence-corrected chi connectivity index (χ1v) is 6.68. The first-order chi connectivity index (χ1) is 8.60.